The van der Waals surface area contributed by atoms with Gasteiger partial charge in [-0.15, -0.1) is 0 Å². The third-order valence-corrected chi connectivity index (χ3v) is 3.95. The zero-order valence-corrected chi connectivity index (χ0v) is 15.6. The monoisotopic (exact) mass is 362 g/mol. The van der Waals surface area contributed by atoms with Crippen LogP contribution < -0.4 is 14.2 Å². The number of methoxy groups -OCH3 is 1. The molecule has 138 valence electrons. The molecule has 3 aromatic carbocycles. The number of carbonyl (C=O) groups excluding carboxylic acids is 1. The fraction of sp³-hybridized carbons (Fsp3) is 0.174. The van der Waals surface area contributed by atoms with Gasteiger partial charge in [-0.3, -0.25) is 0 Å². The number of carbonyl (C=O) groups is 1. The van der Waals surface area contributed by atoms with E-state index in [9.17, 15) is 4.79 Å². The molecule has 4 heteroatoms. The van der Waals surface area contributed by atoms with Gasteiger partial charge in [0.25, 0.3) is 0 Å². The number of esters is 1. The quantitative estimate of drug-likeness (QED) is 0.437. The van der Waals surface area contributed by atoms with Crippen LogP contribution >= 0.6 is 0 Å². The van der Waals surface area contributed by atoms with Gasteiger partial charge in [-0.1, -0.05) is 24.3 Å². The molecule has 0 heterocycles. The standard InChI is InChI=1S/C23H22O4/c1-16(2)26-21-12-4-17(5-13-21)18-6-14-22(15-7-18)27-23(24)19-8-10-20(25-3)11-9-19/h4-16H,1-3H3. The maximum absolute atomic E-state index is 12.2. The minimum Gasteiger partial charge on any atom is -0.497 e. The van der Waals surface area contributed by atoms with Crippen LogP contribution in [-0.4, -0.2) is 19.2 Å². The van der Waals surface area contributed by atoms with Crippen molar-refractivity contribution in [1.82, 2.24) is 0 Å². The third kappa shape index (κ3) is 4.88. The van der Waals surface area contributed by atoms with Crippen LogP contribution in [0.3, 0.4) is 0 Å². The van der Waals surface area contributed by atoms with Gasteiger partial charge in [0.05, 0.1) is 18.8 Å². The lowest BCUT2D eigenvalue weighted by molar-refractivity contribution is 0.0734. The Kier molecular flexibility index (Phi) is 5.77. The third-order valence-electron chi connectivity index (χ3n) is 3.95. The van der Waals surface area contributed by atoms with Gasteiger partial charge in [-0.25, -0.2) is 4.79 Å². The highest BCUT2D eigenvalue weighted by Crippen LogP contribution is 2.25. The van der Waals surface area contributed by atoms with Crippen LogP contribution in [0.4, 0.5) is 0 Å². The Morgan fingerprint density at radius 1 is 0.704 bits per heavy atom. The van der Waals surface area contributed by atoms with E-state index < -0.39 is 5.97 Å². The molecule has 0 saturated heterocycles. The van der Waals surface area contributed by atoms with Crippen LogP contribution in [-0.2, 0) is 0 Å². The Hall–Kier alpha value is -3.27. The Balaban J connectivity index is 1.66. The van der Waals surface area contributed by atoms with Gasteiger partial charge in [0.2, 0.25) is 0 Å². The number of hydrogen-bond donors (Lipinski definition) is 0. The predicted octanol–water partition coefficient (Wildman–Crippen LogP) is 5.37. The Morgan fingerprint density at radius 2 is 1.19 bits per heavy atom. The van der Waals surface area contributed by atoms with Crippen LogP contribution in [0, 0.1) is 0 Å². The van der Waals surface area contributed by atoms with Crippen molar-refractivity contribution >= 4 is 5.97 Å². The second-order valence-corrected chi connectivity index (χ2v) is 6.33. The van der Waals surface area contributed by atoms with E-state index in [1.54, 1.807) is 43.5 Å². The van der Waals surface area contributed by atoms with Crippen LogP contribution in [0.2, 0.25) is 0 Å². The maximum atomic E-state index is 12.2. The van der Waals surface area contributed by atoms with Crippen molar-refractivity contribution in [3.05, 3.63) is 78.4 Å². The zero-order valence-electron chi connectivity index (χ0n) is 15.6. The Morgan fingerprint density at radius 3 is 1.67 bits per heavy atom. The molecule has 0 aliphatic heterocycles. The van der Waals surface area contributed by atoms with E-state index in [1.807, 2.05) is 50.2 Å². The first-order valence-electron chi connectivity index (χ1n) is 8.78. The molecule has 0 radical (unpaired) electrons. The summed E-state index contributed by atoms with van der Waals surface area (Å²) in [5.41, 5.74) is 2.58. The summed E-state index contributed by atoms with van der Waals surface area (Å²) in [6.45, 7) is 4.00. The van der Waals surface area contributed by atoms with Crippen LogP contribution in [0.25, 0.3) is 11.1 Å². The highest BCUT2D eigenvalue weighted by Gasteiger charge is 2.09. The summed E-state index contributed by atoms with van der Waals surface area (Å²) in [7, 11) is 1.58. The number of ether oxygens (including phenoxy) is 3. The van der Waals surface area contributed by atoms with E-state index in [4.69, 9.17) is 14.2 Å². The smallest absolute Gasteiger partial charge is 0.343 e. The lowest BCUT2D eigenvalue weighted by Gasteiger charge is -2.10. The first-order valence-corrected chi connectivity index (χ1v) is 8.78. The molecule has 0 bridgehead atoms. The molecule has 0 amide bonds. The van der Waals surface area contributed by atoms with Crippen LogP contribution in [0.15, 0.2) is 72.8 Å². The largest absolute Gasteiger partial charge is 0.497 e. The molecule has 0 aliphatic rings. The summed E-state index contributed by atoms with van der Waals surface area (Å²) < 4.78 is 16.2. The SMILES string of the molecule is COc1ccc(C(=O)Oc2ccc(-c3ccc(OC(C)C)cc3)cc2)cc1. The first-order chi connectivity index (χ1) is 13.0. The van der Waals surface area contributed by atoms with E-state index in [0.29, 0.717) is 17.1 Å². The van der Waals surface area contributed by atoms with Crippen molar-refractivity contribution in [1.29, 1.82) is 0 Å². The lowest BCUT2D eigenvalue weighted by Crippen LogP contribution is -2.08. The van der Waals surface area contributed by atoms with Gasteiger partial charge in [0.15, 0.2) is 0 Å². The van der Waals surface area contributed by atoms with Crippen molar-refractivity contribution in [2.75, 3.05) is 7.11 Å². The van der Waals surface area contributed by atoms with Gasteiger partial charge in [-0.2, -0.15) is 0 Å². The molecule has 0 aromatic heterocycles. The summed E-state index contributed by atoms with van der Waals surface area (Å²) in [5, 5.41) is 0. The molecule has 0 aliphatic carbocycles. The van der Waals surface area contributed by atoms with E-state index in [-0.39, 0.29) is 6.10 Å². The molecule has 3 rings (SSSR count). The minimum absolute atomic E-state index is 0.149. The highest BCUT2D eigenvalue weighted by molar-refractivity contribution is 5.91. The molecule has 0 saturated carbocycles. The van der Waals surface area contributed by atoms with E-state index in [2.05, 4.69) is 0 Å². The van der Waals surface area contributed by atoms with Gasteiger partial charge in [-0.05, 0) is 73.5 Å². The van der Waals surface area contributed by atoms with Gasteiger partial charge in [0.1, 0.15) is 17.2 Å². The number of benzene rings is 3. The zero-order chi connectivity index (χ0) is 19.2. The highest BCUT2D eigenvalue weighted by atomic mass is 16.5. The second-order valence-electron chi connectivity index (χ2n) is 6.33. The molecule has 0 spiro atoms. The van der Waals surface area contributed by atoms with Crippen molar-refractivity contribution in [2.24, 2.45) is 0 Å². The maximum Gasteiger partial charge on any atom is 0.343 e. The van der Waals surface area contributed by atoms with Crippen molar-refractivity contribution < 1.29 is 19.0 Å². The summed E-state index contributed by atoms with van der Waals surface area (Å²) in [5.74, 6) is 1.64. The van der Waals surface area contributed by atoms with Gasteiger partial charge in [0, 0.05) is 0 Å². The van der Waals surface area contributed by atoms with Crippen LogP contribution in [0.5, 0.6) is 17.2 Å². The van der Waals surface area contributed by atoms with Gasteiger partial charge < -0.3 is 14.2 Å². The van der Waals surface area contributed by atoms with E-state index in [1.165, 1.54) is 0 Å². The average Bonchev–Trinajstić information content (AvgIpc) is 2.69. The summed E-state index contributed by atoms with van der Waals surface area (Å²) in [6, 6.07) is 22.2. The first kappa shape index (κ1) is 18.5. The van der Waals surface area contributed by atoms with Crippen molar-refractivity contribution in [3.8, 4) is 28.4 Å². The average molecular weight is 362 g/mol. The fourth-order valence-corrected chi connectivity index (χ4v) is 2.61. The molecule has 0 fully saturated rings. The minimum atomic E-state index is -0.402. The van der Waals surface area contributed by atoms with E-state index >= 15 is 0 Å². The number of hydrogen-bond acceptors (Lipinski definition) is 4. The summed E-state index contributed by atoms with van der Waals surface area (Å²) in [4.78, 5) is 12.2. The van der Waals surface area contributed by atoms with Crippen molar-refractivity contribution in [2.45, 2.75) is 20.0 Å². The molecule has 0 unspecified atom stereocenters. The molecule has 4 nitrogen and oxygen atoms in total. The molecule has 3 aromatic rings. The van der Waals surface area contributed by atoms with Crippen molar-refractivity contribution in [3.63, 3.8) is 0 Å². The summed E-state index contributed by atoms with van der Waals surface area (Å²) in [6.07, 6.45) is 0.149. The molecule has 27 heavy (non-hydrogen) atoms. The number of rotatable bonds is 6. The lowest BCUT2D eigenvalue weighted by atomic mass is 10.1. The predicted molar refractivity (Wildman–Crippen MR) is 106 cm³/mol. The second kappa shape index (κ2) is 8.41. The molecular formula is C23H22O4. The van der Waals surface area contributed by atoms with E-state index in [0.717, 1.165) is 16.9 Å². The topological polar surface area (TPSA) is 44.8 Å². The normalized spacial score (nSPS) is 10.5. The molecular weight excluding hydrogens is 340 g/mol. The Bertz CT molecular complexity index is 879. The summed E-state index contributed by atoms with van der Waals surface area (Å²) >= 11 is 0. The molecule has 0 atom stereocenters. The Labute approximate surface area is 159 Å². The van der Waals surface area contributed by atoms with Gasteiger partial charge >= 0.3 is 5.97 Å². The molecule has 0 N–H and O–H groups in total. The van der Waals surface area contributed by atoms with Crippen LogP contribution in [0.1, 0.15) is 24.2 Å². The fourth-order valence-electron chi connectivity index (χ4n) is 2.61.